The number of nitrogens with one attached hydrogen (secondary N) is 3. The van der Waals surface area contributed by atoms with Crippen molar-refractivity contribution in [1.82, 2.24) is 49.1 Å². The lowest BCUT2D eigenvalue weighted by Gasteiger charge is -2.30. The van der Waals surface area contributed by atoms with Gasteiger partial charge in [-0.3, -0.25) is 9.36 Å². The van der Waals surface area contributed by atoms with E-state index in [9.17, 15) is 34.4 Å². The molecule has 0 radical (unpaired) electrons. The van der Waals surface area contributed by atoms with E-state index in [1.807, 2.05) is 40.1 Å². The summed E-state index contributed by atoms with van der Waals surface area (Å²) in [6.45, 7) is 2.91. The number of fused-ring (bicyclic) bond motifs is 2. The number of hydrogen-bond donors (Lipinski definition) is 3. The van der Waals surface area contributed by atoms with E-state index in [4.69, 9.17) is 9.47 Å². The molecule has 0 atom stereocenters. The fourth-order valence-electron chi connectivity index (χ4n) is 8.59. The minimum Gasteiger partial charge on any atom is -0.493 e. The number of ether oxygens (including phenoxy) is 2. The molecule has 6 aromatic heterocycles. The van der Waals surface area contributed by atoms with Gasteiger partial charge >= 0.3 is 0 Å². The first kappa shape index (κ1) is 49.1. The van der Waals surface area contributed by atoms with Gasteiger partial charge in [0.2, 0.25) is 19.1 Å². The molecule has 16 nitrogen and oxygen atoms in total. The lowest BCUT2D eigenvalue weighted by Crippen LogP contribution is -2.38. The number of benzene rings is 2. The molecule has 2 aliphatic rings. The molecule has 8 heterocycles. The smallest absolute Gasteiger partial charge is 0.229 e. The molecule has 2 fully saturated rings. The van der Waals surface area contributed by atoms with Crippen molar-refractivity contribution in [1.29, 1.82) is 0 Å². The maximum absolute atomic E-state index is 14.3. The fourth-order valence-corrected chi connectivity index (χ4v) is 9.46. The van der Waals surface area contributed by atoms with E-state index in [-0.39, 0.29) is 17.5 Å². The normalized spacial score (nSPS) is 15.1. The average molecular weight is 1010 g/mol. The standard InChI is InChI=1S/C23H23F2N5O3S.C22H21F2N5O.CH3ClO2S/c1-33-22-18(8-16(24)9-21(22)25)20-12-27-23-19(20)7-14(10-26-23)15-11-28-30(13-15)17-3-5-29(6-4-17)34(2,31)32;1-30-21-17(7-15(23)8-20(21)24)19-11-27-22-18(19)6-13(9-26-22)14-10-28-29(12-14)16-2-4-25-5-3-16;1-5(2,3)4/h7-13,17H,3-6H2,1-2H3,(H,26,27);6-12,16,25H,2-5H2,1H3,(H,26,27);1H3. The molecule has 2 saturated heterocycles. The summed E-state index contributed by atoms with van der Waals surface area (Å²) >= 11 is 0. The molecule has 2 aromatic carbocycles. The zero-order valence-electron chi connectivity index (χ0n) is 37.7. The van der Waals surface area contributed by atoms with Crippen molar-refractivity contribution in [3.63, 3.8) is 0 Å². The van der Waals surface area contributed by atoms with Crippen LogP contribution in [0.1, 0.15) is 37.8 Å². The van der Waals surface area contributed by atoms with Gasteiger partial charge in [-0.2, -0.15) is 10.2 Å². The van der Waals surface area contributed by atoms with E-state index in [0.29, 0.717) is 70.9 Å². The van der Waals surface area contributed by atoms with Crippen molar-refractivity contribution in [3.05, 3.63) is 109 Å². The lowest BCUT2D eigenvalue weighted by atomic mass is 10.0. The second-order valence-electron chi connectivity index (χ2n) is 16.6. The summed E-state index contributed by atoms with van der Waals surface area (Å²) in [5.41, 5.74) is 6.50. The SMILES string of the molecule is COc1c(F)cc(F)cc1-c1c[nH]c2ncc(-c3cnn(C4CCN(S(C)(=O)=O)CC4)c3)cc12.COc1c(F)cc(F)cc1-c1c[nH]c2ncc(-c3cnn(C4CCNCC4)c3)cc12.CS(=O)(=O)Cl. The van der Waals surface area contributed by atoms with Gasteiger partial charge in [0.05, 0.1) is 51.2 Å². The summed E-state index contributed by atoms with van der Waals surface area (Å²) in [4.78, 5) is 15.1. The topological polar surface area (TPSA) is 195 Å². The summed E-state index contributed by atoms with van der Waals surface area (Å²) in [5, 5.41) is 13.9. The maximum Gasteiger partial charge on any atom is 0.229 e. The lowest BCUT2D eigenvalue weighted by molar-refractivity contribution is 0.262. The van der Waals surface area contributed by atoms with Crippen molar-refractivity contribution < 1.29 is 43.9 Å². The van der Waals surface area contributed by atoms with Crippen molar-refractivity contribution in [2.24, 2.45) is 0 Å². The van der Waals surface area contributed by atoms with Crippen LogP contribution in [0.2, 0.25) is 0 Å². The van der Waals surface area contributed by atoms with Crippen molar-refractivity contribution in [2.75, 3.05) is 52.9 Å². The maximum atomic E-state index is 14.3. The van der Waals surface area contributed by atoms with Crippen LogP contribution in [-0.4, -0.2) is 114 Å². The zero-order valence-corrected chi connectivity index (χ0v) is 40.1. The summed E-state index contributed by atoms with van der Waals surface area (Å²) in [6, 6.07) is 8.45. The summed E-state index contributed by atoms with van der Waals surface area (Å²) in [7, 11) is 0.831. The Morgan fingerprint density at radius 3 is 1.43 bits per heavy atom. The number of piperidine rings is 2. The number of sulfonamides is 1. The molecule has 23 heteroatoms. The molecule has 0 aliphatic carbocycles. The van der Waals surface area contributed by atoms with Gasteiger partial charge in [0.25, 0.3) is 0 Å². The molecular weight excluding hydrogens is 964 g/mol. The number of rotatable bonds is 9. The van der Waals surface area contributed by atoms with Crippen LogP contribution in [0.15, 0.2) is 86.0 Å². The average Bonchev–Trinajstić information content (AvgIpc) is 4.15. The minimum atomic E-state index is -3.19. The Morgan fingerprint density at radius 2 is 1.03 bits per heavy atom. The quantitative estimate of drug-likeness (QED) is 0.0927. The summed E-state index contributed by atoms with van der Waals surface area (Å²) < 4.78 is 114. The number of pyridine rings is 2. The first-order valence-electron chi connectivity index (χ1n) is 21.5. The number of aromatic nitrogens is 8. The zero-order chi connectivity index (χ0) is 49.2. The van der Waals surface area contributed by atoms with Gasteiger partial charge in [0.15, 0.2) is 23.1 Å². The fraction of sp³-hybridized carbons (Fsp3) is 0.304. The van der Waals surface area contributed by atoms with Crippen molar-refractivity contribution in [3.8, 4) is 56.0 Å². The van der Waals surface area contributed by atoms with Gasteiger partial charge in [-0.25, -0.2) is 48.7 Å². The van der Waals surface area contributed by atoms with Crippen LogP contribution in [-0.2, 0) is 19.1 Å². The molecule has 0 unspecified atom stereocenters. The third kappa shape index (κ3) is 11.3. The largest absolute Gasteiger partial charge is 0.493 e. The molecule has 0 amide bonds. The Hall–Kier alpha value is -6.33. The Balaban J connectivity index is 0.000000171. The van der Waals surface area contributed by atoms with E-state index in [2.05, 4.69) is 46.1 Å². The van der Waals surface area contributed by atoms with Crippen LogP contribution in [0.4, 0.5) is 17.6 Å². The van der Waals surface area contributed by atoms with E-state index in [0.717, 1.165) is 72.0 Å². The van der Waals surface area contributed by atoms with E-state index in [1.54, 1.807) is 31.0 Å². The highest BCUT2D eigenvalue weighted by Gasteiger charge is 2.27. The number of hydrogen-bond acceptors (Lipinski definition) is 11. The minimum absolute atomic E-state index is 0.00132. The summed E-state index contributed by atoms with van der Waals surface area (Å²) in [5.74, 6) is -2.92. The van der Waals surface area contributed by atoms with Gasteiger partial charge < -0.3 is 24.8 Å². The van der Waals surface area contributed by atoms with Crippen LogP contribution >= 0.6 is 10.7 Å². The third-order valence-electron chi connectivity index (χ3n) is 11.9. The second kappa shape index (κ2) is 20.3. The van der Waals surface area contributed by atoms with Crippen molar-refractivity contribution in [2.45, 2.75) is 37.8 Å². The highest BCUT2D eigenvalue weighted by Crippen LogP contribution is 2.40. The van der Waals surface area contributed by atoms with E-state index in [1.165, 1.54) is 36.9 Å². The molecule has 0 spiro atoms. The number of nitrogens with zero attached hydrogens (tertiary/aromatic N) is 7. The van der Waals surface area contributed by atoms with Gasteiger partial charge in [0, 0.05) is 128 Å². The van der Waals surface area contributed by atoms with Crippen LogP contribution < -0.4 is 14.8 Å². The number of aromatic amines is 2. The van der Waals surface area contributed by atoms with Crippen LogP contribution in [0, 0.1) is 23.3 Å². The van der Waals surface area contributed by atoms with Gasteiger partial charge in [-0.15, -0.1) is 0 Å². The Labute approximate surface area is 399 Å². The molecule has 69 heavy (non-hydrogen) atoms. The first-order valence-corrected chi connectivity index (χ1v) is 26.1. The Bertz CT molecular complexity index is 3360. The van der Waals surface area contributed by atoms with Crippen molar-refractivity contribution >= 4 is 51.8 Å². The number of methoxy groups -OCH3 is 2. The molecular formula is C46H47ClF4N10O6S2. The molecule has 0 bridgehead atoms. The Morgan fingerprint density at radius 1 is 0.609 bits per heavy atom. The molecule has 10 rings (SSSR count). The molecule has 3 N–H and O–H groups in total. The van der Waals surface area contributed by atoms with E-state index >= 15 is 0 Å². The second-order valence-corrected chi connectivity index (χ2v) is 21.6. The summed E-state index contributed by atoms with van der Waals surface area (Å²) in [6.07, 6.45) is 19.9. The monoisotopic (exact) mass is 1010 g/mol. The van der Waals surface area contributed by atoms with Crippen LogP contribution in [0.3, 0.4) is 0 Å². The Kier molecular flexibility index (Phi) is 14.5. The predicted octanol–water partition coefficient (Wildman–Crippen LogP) is 8.47. The number of H-pyrrole nitrogens is 2. The van der Waals surface area contributed by atoms with Gasteiger partial charge in [-0.1, -0.05) is 0 Å². The highest BCUT2D eigenvalue weighted by molar-refractivity contribution is 8.13. The van der Waals surface area contributed by atoms with Crippen LogP contribution in [0.5, 0.6) is 11.5 Å². The molecule has 2 aliphatic heterocycles. The van der Waals surface area contributed by atoms with Crippen LogP contribution in [0.25, 0.3) is 66.6 Å². The first-order chi connectivity index (χ1) is 32.9. The van der Waals surface area contributed by atoms with E-state index < -0.39 is 42.3 Å². The molecule has 364 valence electrons. The number of halogens is 5. The van der Waals surface area contributed by atoms with Gasteiger partial charge in [-0.05, 0) is 63.0 Å². The molecule has 8 aromatic rings. The van der Waals surface area contributed by atoms with Gasteiger partial charge in [0.1, 0.15) is 22.9 Å². The highest BCUT2D eigenvalue weighted by atomic mass is 35.7. The predicted molar refractivity (Wildman–Crippen MR) is 255 cm³/mol. The molecule has 0 saturated carbocycles. The third-order valence-corrected chi connectivity index (χ3v) is 13.2.